The van der Waals surface area contributed by atoms with E-state index in [0.29, 0.717) is 23.9 Å². The number of halogens is 2. The number of carbonyl (C=O) groups is 1. The summed E-state index contributed by atoms with van der Waals surface area (Å²) in [5, 5.41) is 0. The van der Waals surface area contributed by atoms with Crippen LogP contribution in [0.2, 0.25) is 0 Å². The minimum Gasteiger partial charge on any atom is -0.469 e. The maximum absolute atomic E-state index is 13.2. The lowest BCUT2D eigenvalue weighted by atomic mass is 9.81. The number of alkyl halides is 2. The van der Waals surface area contributed by atoms with Gasteiger partial charge in [-0.25, -0.2) is 13.8 Å². The van der Waals surface area contributed by atoms with Crippen molar-refractivity contribution in [3.63, 3.8) is 0 Å². The molecule has 1 aromatic heterocycles. The summed E-state index contributed by atoms with van der Waals surface area (Å²) < 4.78 is 31.0. The Bertz CT molecular complexity index is 876. The van der Waals surface area contributed by atoms with E-state index < -0.39 is 12.1 Å². The zero-order valence-electron chi connectivity index (χ0n) is 14.1. The molecule has 1 fully saturated rings. The number of fused-ring (bicyclic) bond motifs is 1. The fourth-order valence-corrected chi connectivity index (χ4v) is 2.74. The normalized spacial score (nSPS) is 20.9. The second kappa shape index (κ2) is 7.55. The smallest absolute Gasteiger partial charge is 0.308 e. The summed E-state index contributed by atoms with van der Waals surface area (Å²) >= 11 is 0. The highest BCUT2D eigenvalue weighted by atomic mass is 19.3. The van der Waals surface area contributed by atoms with Crippen molar-refractivity contribution >= 4 is 28.8 Å². The van der Waals surface area contributed by atoms with E-state index in [1.54, 1.807) is 18.2 Å². The Morgan fingerprint density at radius 3 is 2.69 bits per heavy atom. The Labute approximate surface area is 148 Å². The van der Waals surface area contributed by atoms with E-state index in [1.807, 2.05) is 6.07 Å². The van der Waals surface area contributed by atoms with E-state index >= 15 is 0 Å². The number of nitrogens with zero attached hydrogens (tertiary/aromatic N) is 3. The molecule has 0 aliphatic heterocycles. The van der Waals surface area contributed by atoms with Gasteiger partial charge < -0.3 is 10.5 Å². The summed E-state index contributed by atoms with van der Waals surface area (Å²) in [5.41, 5.74) is 6.47. The monoisotopic (exact) mass is 360 g/mol. The van der Waals surface area contributed by atoms with Gasteiger partial charge in [-0.05, 0) is 25.0 Å². The molecule has 1 aliphatic rings. The molecule has 0 radical (unpaired) electrons. The van der Waals surface area contributed by atoms with Crippen LogP contribution in [-0.4, -0.2) is 41.7 Å². The standard InChI is InChI=1S/C18H18F2N4O2/c1-26-18(25)10-6-11(7-10)22-8-12(16(21)17(19)20)15-9-23-13-4-2-3-5-14(13)24-15/h2-5,8-11,17H,6-7,21H2,1H3. The van der Waals surface area contributed by atoms with Gasteiger partial charge in [-0.2, -0.15) is 0 Å². The van der Waals surface area contributed by atoms with E-state index in [-0.39, 0.29) is 29.2 Å². The van der Waals surface area contributed by atoms with Gasteiger partial charge in [0.05, 0.1) is 47.7 Å². The van der Waals surface area contributed by atoms with Crippen molar-refractivity contribution in [1.82, 2.24) is 9.97 Å². The molecule has 0 amide bonds. The number of aliphatic imine (C=N–C) groups is 1. The van der Waals surface area contributed by atoms with Gasteiger partial charge in [0.15, 0.2) is 0 Å². The van der Waals surface area contributed by atoms with Crippen LogP contribution in [0.25, 0.3) is 16.6 Å². The van der Waals surface area contributed by atoms with E-state index in [4.69, 9.17) is 5.73 Å². The average molecular weight is 360 g/mol. The number of aromatic nitrogens is 2. The molecule has 1 aromatic carbocycles. The van der Waals surface area contributed by atoms with Crippen molar-refractivity contribution in [2.24, 2.45) is 16.6 Å². The lowest BCUT2D eigenvalue weighted by molar-refractivity contribution is -0.148. The summed E-state index contributed by atoms with van der Waals surface area (Å²) in [7, 11) is 1.33. The van der Waals surface area contributed by atoms with Crippen LogP contribution in [0.3, 0.4) is 0 Å². The maximum atomic E-state index is 13.2. The van der Waals surface area contributed by atoms with Gasteiger partial charge in [0.1, 0.15) is 0 Å². The first-order chi connectivity index (χ1) is 12.5. The van der Waals surface area contributed by atoms with Crippen molar-refractivity contribution in [2.75, 3.05) is 7.11 Å². The van der Waals surface area contributed by atoms with E-state index in [9.17, 15) is 13.6 Å². The maximum Gasteiger partial charge on any atom is 0.308 e. The van der Waals surface area contributed by atoms with Crippen LogP contribution in [0.5, 0.6) is 0 Å². The zero-order valence-corrected chi connectivity index (χ0v) is 14.1. The minimum absolute atomic E-state index is 0.0415. The summed E-state index contributed by atoms with van der Waals surface area (Å²) in [6, 6.07) is 6.99. The van der Waals surface area contributed by atoms with Crippen molar-refractivity contribution in [1.29, 1.82) is 0 Å². The Balaban J connectivity index is 1.85. The Morgan fingerprint density at radius 1 is 1.35 bits per heavy atom. The number of para-hydroxylation sites is 2. The van der Waals surface area contributed by atoms with E-state index in [2.05, 4.69) is 19.7 Å². The molecule has 136 valence electrons. The average Bonchev–Trinajstić information content (AvgIpc) is 2.62. The van der Waals surface area contributed by atoms with Crippen LogP contribution in [0, 0.1) is 5.92 Å². The summed E-state index contributed by atoms with van der Waals surface area (Å²) in [6.07, 6.45) is 0.909. The fourth-order valence-electron chi connectivity index (χ4n) is 2.74. The fraction of sp³-hybridized carbons (Fsp3) is 0.333. The number of esters is 1. The second-order valence-electron chi connectivity index (χ2n) is 6.04. The number of carbonyl (C=O) groups excluding carboxylic acids is 1. The predicted octanol–water partition coefficient (Wildman–Crippen LogP) is 2.59. The van der Waals surface area contributed by atoms with Crippen LogP contribution in [0.4, 0.5) is 8.78 Å². The van der Waals surface area contributed by atoms with Gasteiger partial charge in [-0.15, -0.1) is 0 Å². The molecule has 1 aliphatic carbocycles. The summed E-state index contributed by atoms with van der Waals surface area (Å²) in [5.74, 6) is -0.470. The number of benzene rings is 1. The highest BCUT2D eigenvalue weighted by molar-refractivity contribution is 6.10. The predicted molar refractivity (Wildman–Crippen MR) is 93.7 cm³/mol. The third-order valence-electron chi connectivity index (χ3n) is 4.33. The van der Waals surface area contributed by atoms with Gasteiger partial charge in [-0.3, -0.25) is 14.8 Å². The van der Waals surface area contributed by atoms with Crippen LogP contribution < -0.4 is 5.73 Å². The Hall–Kier alpha value is -2.90. The molecule has 8 heteroatoms. The molecule has 26 heavy (non-hydrogen) atoms. The quantitative estimate of drug-likeness (QED) is 0.654. The number of allylic oxidation sites excluding steroid dienone is 2. The molecule has 3 rings (SSSR count). The first-order valence-electron chi connectivity index (χ1n) is 8.10. The first-order valence-corrected chi connectivity index (χ1v) is 8.10. The van der Waals surface area contributed by atoms with Crippen molar-refractivity contribution in [3.8, 4) is 0 Å². The highest BCUT2D eigenvalue weighted by Crippen LogP contribution is 2.31. The van der Waals surface area contributed by atoms with Gasteiger partial charge in [0, 0.05) is 11.8 Å². The third-order valence-corrected chi connectivity index (χ3v) is 4.33. The van der Waals surface area contributed by atoms with Crippen LogP contribution in [0.1, 0.15) is 18.5 Å². The van der Waals surface area contributed by atoms with Crippen LogP contribution in [-0.2, 0) is 9.53 Å². The molecule has 0 saturated heterocycles. The summed E-state index contributed by atoms with van der Waals surface area (Å²) in [6.45, 7) is 0. The molecular formula is C18H18F2N4O2. The van der Waals surface area contributed by atoms with Crippen LogP contribution >= 0.6 is 0 Å². The lowest BCUT2D eigenvalue weighted by Crippen LogP contribution is -2.34. The molecule has 2 N–H and O–H groups in total. The van der Waals surface area contributed by atoms with Crippen molar-refractivity contribution in [3.05, 3.63) is 41.9 Å². The molecule has 0 bridgehead atoms. The van der Waals surface area contributed by atoms with E-state index in [0.717, 1.165) is 0 Å². The molecular weight excluding hydrogens is 342 g/mol. The molecule has 0 unspecified atom stereocenters. The number of nitrogens with two attached hydrogens (primary N) is 1. The lowest BCUT2D eigenvalue weighted by Gasteiger charge is -2.30. The molecule has 0 atom stereocenters. The van der Waals surface area contributed by atoms with Crippen molar-refractivity contribution < 1.29 is 18.3 Å². The molecule has 0 spiro atoms. The van der Waals surface area contributed by atoms with Gasteiger partial charge in [0.2, 0.25) is 0 Å². The van der Waals surface area contributed by atoms with Gasteiger partial charge in [0.25, 0.3) is 6.43 Å². The largest absolute Gasteiger partial charge is 0.469 e. The molecule has 2 aromatic rings. The number of hydrogen-bond donors (Lipinski definition) is 1. The number of methoxy groups -OCH3 is 1. The Kier molecular flexibility index (Phi) is 5.20. The topological polar surface area (TPSA) is 90.5 Å². The number of ether oxygens (including phenoxy) is 1. The SMILES string of the molecule is COC(=O)C1CC(N=CC(=C(N)C(F)F)c2cnc3ccccc3n2)C1. The van der Waals surface area contributed by atoms with Gasteiger partial charge >= 0.3 is 5.97 Å². The molecule has 6 nitrogen and oxygen atoms in total. The van der Waals surface area contributed by atoms with Gasteiger partial charge in [-0.1, -0.05) is 12.1 Å². The van der Waals surface area contributed by atoms with Crippen molar-refractivity contribution in [2.45, 2.75) is 25.3 Å². The number of hydrogen-bond acceptors (Lipinski definition) is 6. The Morgan fingerprint density at radius 2 is 2.04 bits per heavy atom. The van der Waals surface area contributed by atoms with E-state index in [1.165, 1.54) is 19.5 Å². The molecule has 1 heterocycles. The highest BCUT2D eigenvalue weighted by Gasteiger charge is 2.34. The second-order valence-corrected chi connectivity index (χ2v) is 6.04. The van der Waals surface area contributed by atoms with Crippen LogP contribution in [0.15, 0.2) is 41.2 Å². The first kappa shape index (κ1) is 17.9. The molecule has 1 saturated carbocycles. The summed E-state index contributed by atoms with van der Waals surface area (Å²) in [4.78, 5) is 24.3. The number of rotatable bonds is 5. The zero-order chi connectivity index (χ0) is 18.7. The minimum atomic E-state index is -2.84. The third kappa shape index (κ3) is 3.68.